The Labute approximate surface area is 446 Å². The first kappa shape index (κ1) is 57.4. The molecule has 0 spiro atoms. The zero-order chi connectivity index (χ0) is 54.6. The minimum atomic E-state index is -1.10. The van der Waals surface area contributed by atoms with Gasteiger partial charge in [0.2, 0.25) is 53.3 Å². The number of piperazine rings is 4. The average molecular weight is 1090 g/mol. The first-order valence-electron chi connectivity index (χ1n) is 26.7. The quantitative estimate of drug-likeness (QED) is 0.0389. The van der Waals surface area contributed by atoms with Crippen LogP contribution in [-0.2, 0) is 38.4 Å². The fourth-order valence-electron chi connectivity index (χ4n) is 10.9. The number of carboxylic acids is 2. The van der Waals surface area contributed by atoms with Gasteiger partial charge in [-0.3, -0.25) is 38.4 Å². The number of amides is 8. The second-order valence-electron chi connectivity index (χ2n) is 20.4. The number of aromatic nitrogens is 3. The lowest BCUT2D eigenvalue weighted by molar-refractivity contribution is -0.161. The third-order valence-electron chi connectivity index (χ3n) is 15.4. The standard InChI is InChI=1S/C48H76N16O11S/c1-57-31(12-14-38(67)68)43(73)63(27-36(57)65)33(9-3-6-16-49)41(71)59-19-23-61(24-20-59)46-54-45(51-18-8-5-11-35-40-30(29-76-35)52-48(75)53-40)55-47(56-46)62-25-21-60(22-26-62)42(72)34(10-4-7-17-50)64-28-37(66)58(2)32(44(64)74)13-15-39(69)70/h30-35,40H,3-29,49-50H2,1-2H3,(H,67,68)(H,69,70)(H2,52,53,75)(H,51,54,55,56)/t30-,31-,32-,33-,34-,35-,40-/m0/s1. The first-order valence-corrected chi connectivity index (χ1v) is 27.8. The average Bonchev–Trinajstić information content (AvgIpc) is 3.98. The number of hydrogen-bond donors (Lipinski definition) is 7. The Morgan fingerprint density at radius 2 is 1.12 bits per heavy atom. The lowest BCUT2D eigenvalue weighted by Crippen LogP contribution is -2.64. The highest BCUT2D eigenvalue weighted by atomic mass is 32.2. The summed E-state index contributed by atoms with van der Waals surface area (Å²) in [7, 11) is 2.95. The van der Waals surface area contributed by atoms with Crippen LogP contribution >= 0.6 is 11.8 Å². The summed E-state index contributed by atoms with van der Waals surface area (Å²) in [5.41, 5.74) is 11.6. The Morgan fingerprint density at radius 3 is 1.57 bits per heavy atom. The van der Waals surface area contributed by atoms with Crippen LogP contribution in [0, 0.1) is 0 Å². The molecule has 6 aliphatic rings. The number of unbranched alkanes of at least 4 members (excludes halogenated alkanes) is 3. The summed E-state index contributed by atoms with van der Waals surface area (Å²) in [6.07, 6.45) is 4.66. The SMILES string of the molecule is CN1C(=O)CN([C@@H](CCCCN)C(=O)N2CCN(c3nc(NCCCC[C@@H]4SC[C@@H]5NC(=O)N[C@@H]54)nc(N4CCN(C(=O)[C@H](CCCCN)N5CC(=O)N(C)[C@@H](CCC(=O)O)C5=O)CC4)n3)CC2)C(=O)[C@@H]1CCC(=O)O. The molecule has 7 heterocycles. The van der Waals surface area contributed by atoms with E-state index in [0.717, 1.165) is 25.0 Å². The number of aliphatic carboxylic acids is 2. The molecule has 7 atom stereocenters. The molecule has 0 unspecified atom stereocenters. The molecule has 6 aliphatic heterocycles. The summed E-state index contributed by atoms with van der Waals surface area (Å²) < 4.78 is 0. The van der Waals surface area contributed by atoms with E-state index >= 15 is 0 Å². The van der Waals surface area contributed by atoms with Gasteiger partial charge >= 0.3 is 18.0 Å². The molecule has 1 aromatic rings. The van der Waals surface area contributed by atoms with E-state index in [1.165, 1.54) is 33.7 Å². The molecular weight excluding hydrogens is 1010 g/mol. The van der Waals surface area contributed by atoms with Gasteiger partial charge < -0.3 is 76.8 Å². The van der Waals surface area contributed by atoms with E-state index in [1.807, 2.05) is 21.6 Å². The summed E-state index contributed by atoms with van der Waals surface area (Å²) >= 11 is 1.86. The Bertz CT molecular complexity index is 2160. The van der Waals surface area contributed by atoms with Crippen molar-refractivity contribution in [3.63, 3.8) is 0 Å². The summed E-state index contributed by atoms with van der Waals surface area (Å²) in [5, 5.41) is 28.5. The molecule has 76 heavy (non-hydrogen) atoms. The van der Waals surface area contributed by atoms with Gasteiger partial charge in [-0.1, -0.05) is 6.42 Å². The maximum absolute atomic E-state index is 14.5. The molecule has 0 radical (unpaired) electrons. The van der Waals surface area contributed by atoms with E-state index in [0.29, 0.717) is 94.6 Å². The van der Waals surface area contributed by atoms with E-state index in [4.69, 9.17) is 26.4 Å². The molecule has 8 amide bonds. The van der Waals surface area contributed by atoms with Crippen LogP contribution in [0.2, 0.25) is 0 Å². The van der Waals surface area contributed by atoms with Gasteiger partial charge in [-0.25, -0.2) is 4.79 Å². The predicted octanol–water partition coefficient (Wildman–Crippen LogP) is -2.02. The van der Waals surface area contributed by atoms with Crippen LogP contribution in [0.5, 0.6) is 0 Å². The van der Waals surface area contributed by atoms with Gasteiger partial charge in [0, 0.05) is 96.8 Å². The van der Waals surface area contributed by atoms with Crippen LogP contribution < -0.4 is 37.2 Å². The minimum Gasteiger partial charge on any atom is -0.481 e. The van der Waals surface area contributed by atoms with Crippen molar-refractivity contribution < 1.29 is 53.4 Å². The molecule has 0 aromatic carbocycles. The highest BCUT2D eigenvalue weighted by molar-refractivity contribution is 8.00. The van der Waals surface area contributed by atoms with Crippen molar-refractivity contribution in [2.75, 3.05) is 120 Å². The molecular formula is C48H76N16O11S. The van der Waals surface area contributed by atoms with Gasteiger partial charge in [0.15, 0.2) is 0 Å². The van der Waals surface area contributed by atoms with E-state index in [9.17, 15) is 53.4 Å². The van der Waals surface area contributed by atoms with Crippen LogP contribution in [0.3, 0.4) is 0 Å². The summed E-state index contributed by atoms with van der Waals surface area (Å²) in [6, 6.07) is -3.79. The number of carbonyl (C=O) groups excluding carboxylic acids is 7. The Morgan fingerprint density at radius 1 is 0.645 bits per heavy atom. The van der Waals surface area contributed by atoms with Crippen LogP contribution in [0.25, 0.3) is 0 Å². The second kappa shape index (κ2) is 26.7. The number of carboxylic acid groups (broad SMARTS) is 2. The van der Waals surface area contributed by atoms with Gasteiger partial charge in [-0.05, 0) is 77.3 Å². The van der Waals surface area contributed by atoms with Gasteiger partial charge in [0.05, 0.1) is 12.1 Å². The number of carbonyl (C=O) groups is 9. The van der Waals surface area contributed by atoms with Crippen LogP contribution in [0.1, 0.15) is 83.5 Å². The number of anilines is 3. The molecule has 27 nitrogen and oxygen atoms in total. The van der Waals surface area contributed by atoms with Crippen LogP contribution in [0.4, 0.5) is 22.6 Å². The second-order valence-corrected chi connectivity index (χ2v) is 21.6. The molecule has 0 aliphatic carbocycles. The number of nitrogens with one attached hydrogen (secondary N) is 3. The highest BCUT2D eigenvalue weighted by Gasteiger charge is 2.46. The Kier molecular flexibility index (Phi) is 20.1. The van der Waals surface area contributed by atoms with Crippen LogP contribution in [0.15, 0.2) is 0 Å². The molecule has 0 saturated carbocycles. The summed E-state index contributed by atoms with van der Waals surface area (Å²) in [4.78, 5) is 145. The van der Waals surface area contributed by atoms with Crippen molar-refractivity contribution in [2.45, 2.75) is 125 Å². The third kappa shape index (κ3) is 14.0. The third-order valence-corrected chi connectivity index (χ3v) is 16.9. The number of rotatable bonds is 26. The van der Waals surface area contributed by atoms with E-state index in [-0.39, 0.29) is 120 Å². The molecule has 1 aromatic heterocycles. The number of fused-ring (bicyclic) bond motifs is 1. The number of thioether (sulfide) groups is 1. The first-order chi connectivity index (χ1) is 36.5. The maximum Gasteiger partial charge on any atom is 0.315 e. The minimum absolute atomic E-state index is 0.0788. The van der Waals surface area contributed by atoms with E-state index in [1.54, 1.807) is 9.80 Å². The maximum atomic E-state index is 14.5. The molecule has 6 fully saturated rings. The van der Waals surface area contributed by atoms with Gasteiger partial charge in [-0.15, -0.1) is 0 Å². The lowest BCUT2D eigenvalue weighted by atomic mass is 10.00. The molecule has 28 heteroatoms. The van der Waals surface area contributed by atoms with Crippen molar-refractivity contribution in [1.82, 2.24) is 55.0 Å². The lowest BCUT2D eigenvalue weighted by Gasteiger charge is -2.44. The zero-order valence-electron chi connectivity index (χ0n) is 43.7. The van der Waals surface area contributed by atoms with Crippen molar-refractivity contribution >= 4 is 83.0 Å². The number of nitrogens with two attached hydrogens (primary N) is 2. The molecule has 0 bridgehead atoms. The smallest absolute Gasteiger partial charge is 0.315 e. The van der Waals surface area contributed by atoms with E-state index in [2.05, 4.69) is 16.0 Å². The topological polar surface area (TPSA) is 347 Å². The number of urea groups is 1. The Hall–Kier alpha value is -6.29. The fraction of sp³-hybridized carbons (Fsp3) is 0.750. The summed E-state index contributed by atoms with van der Waals surface area (Å²) in [5.74, 6) is -2.56. The monoisotopic (exact) mass is 1080 g/mol. The molecule has 9 N–H and O–H groups in total. The highest BCUT2D eigenvalue weighted by Crippen LogP contribution is 2.33. The number of nitrogens with zero attached hydrogens (tertiary/aromatic N) is 11. The molecule has 420 valence electrons. The van der Waals surface area contributed by atoms with Crippen molar-refractivity contribution in [1.29, 1.82) is 0 Å². The molecule has 7 rings (SSSR count). The van der Waals surface area contributed by atoms with Crippen molar-refractivity contribution in [3.8, 4) is 0 Å². The predicted molar refractivity (Wildman–Crippen MR) is 279 cm³/mol. The van der Waals surface area contributed by atoms with Gasteiger partial charge in [-0.2, -0.15) is 26.7 Å². The van der Waals surface area contributed by atoms with Gasteiger partial charge in [0.25, 0.3) is 0 Å². The van der Waals surface area contributed by atoms with Crippen LogP contribution in [-0.4, -0.2) is 254 Å². The number of likely N-dealkylation sites (N-methyl/N-ethyl adjacent to an activating group) is 2. The van der Waals surface area contributed by atoms with E-state index < -0.39 is 47.9 Å². The van der Waals surface area contributed by atoms with Crippen molar-refractivity contribution in [2.24, 2.45) is 11.5 Å². The fourth-order valence-corrected chi connectivity index (χ4v) is 12.5. The largest absolute Gasteiger partial charge is 0.481 e. The van der Waals surface area contributed by atoms with Crippen molar-refractivity contribution in [3.05, 3.63) is 0 Å². The van der Waals surface area contributed by atoms with Gasteiger partial charge in [0.1, 0.15) is 37.3 Å². The molecule has 6 saturated heterocycles. The zero-order valence-corrected chi connectivity index (χ0v) is 44.5. The summed E-state index contributed by atoms with van der Waals surface area (Å²) in [6.45, 7) is 3.01. The normalized spacial score (nSPS) is 23.9. The Balaban J connectivity index is 1.04. The number of hydrogen-bond acceptors (Lipinski definition) is 18.